The van der Waals surface area contributed by atoms with Gasteiger partial charge in [-0.3, -0.25) is 76.9 Å². The molecule has 0 radical (unpaired) electrons. The molecule has 0 bridgehead atoms. The molecule has 0 unspecified atom stereocenters. The van der Waals surface area contributed by atoms with Gasteiger partial charge in [0.1, 0.15) is 23.1 Å². The molecule has 2 aromatic heterocycles. The number of aromatic nitrogens is 4. The van der Waals surface area contributed by atoms with E-state index in [2.05, 4.69) is 38.1 Å². The van der Waals surface area contributed by atoms with Crippen molar-refractivity contribution in [1.29, 1.82) is 0 Å². The standard InChI is InChI=1S/C24H24N2O4.C23H22N2O3.C22H22N2O3.2C21H20N2O3/c1-16-15-26(24(29)25-23(16)28)14-8-2-3-11-19(27)22-17-9-4-6-12-20(17)30-21-13-7-5-10-18(21)22;26-21(9-5-2-6-15-25-16-14-22(27)24-23(25)28)17-18-10-12-20(13-11-18)19-7-3-1-4-8-19;1-16-15-24(22(27)14-20(16)25)12-5-4-11-23-21(26)13-18-9-6-8-17-7-2-3-10-19(17)18;1-15-14-23(20(25)13-19(15)24)12-5-4-11-22-21(26)18-10-6-8-16-7-2-3-9-17(16)18;24-19-9-12-23(21(26)15-19)11-4-3-10-22-20(25)14-16-7-8-17-5-1-2-6-18(17)13-16/h4-7,9-10,12-13,15,22H,2-3,8,11,14H2,1H3,(H,25,28,29);1-4,6-8,10-14,16H,5,9,15,17H2,(H,24,27,28);2-10,15H,11-14H2,1H3,(H,23,26);2-10,14H,11-13H2,1H3,(H,22,26);1-9,12-13H,10-11,14-15H2,(H,22,25)/b;6-2-;2*5-4-;4-3-. The van der Waals surface area contributed by atoms with E-state index in [0.29, 0.717) is 113 Å². The highest BCUT2D eigenvalue weighted by molar-refractivity contribution is 6.11. The van der Waals surface area contributed by atoms with E-state index in [-0.39, 0.29) is 95.1 Å². The minimum atomic E-state index is -0.438. The number of nitrogens with one attached hydrogen (secondary N) is 5. The summed E-state index contributed by atoms with van der Waals surface area (Å²) in [5.41, 5.74) is 7.84. The predicted molar refractivity (Wildman–Crippen MR) is 530 cm³/mol. The predicted octanol–water partition coefficient (Wildman–Crippen LogP) is 15.2. The third kappa shape index (κ3) is 29.7. The molecular formula is C111H108N10O16. The number of amides is 6. The zero-order valence-corrected chi connectivity index (χ0v) is 76.6. The number of nitrogens with zero attached hydrogens (tertiary/aromatic N) is 5. The van der Waals surface area contributed by atoms with Gasteiger partial charge in [0.25, 0.3) is 17.0 Å². The van der Waals surface area contributed by atoms with Crippen LogP contribution in [0.15, 0.2) is 353 Å². The average Bonchev–Trinajstić information content (AvgIpc) is 0.766. The lowest BCUT2D eigenvalue weighted by Gasteiger charge is -2.27. The van der Waals surface area contributed by atoms with Gasteiger partial charge in [0.15, 0.2) is 17.3 Å². The molecule has 10 aromatic carbocycles. The second-order valence-corrected chi connectivity index (χ2v) is 33.1. The Kier molecular flexibility index (Phi) is 36.6. The van der Waals surface area contributed by atoms with Crippen LogP contribution in [0.25, 0.3) is 43.4 Å². The van der Waals surface area contributed by atoms with E-state index < -0.39 is 16.9 Å². The number of hydrogen-bond donors (Lipinski definition) is 5. The van der Waals surface area contributed by atoms with Crippen LogP contribution >= 0.6 is 0 Å². The summed E-state index contributed by atoms with van der Waals surface area (Å²) < 4.78 is 8.88. The molecular weight excluding hydrogens is 1730 g/mol. The number of carbonyl (C=O) groups is 11. The van der Waals surface area contributed by atoms with Crippen LogP contribution in [0.3, 0.4) is 0 Å². The van der Waals surface area contributed by atoms with Crippen LogP contribution in [0.1, 0.15) is 121 Å². The maximum atomic E-state index is 13.1. The summed E-state index contributed by atoms with van der Waals surface area (Å²) in [5.74, 6) is 0.254. The zero-order valence-electron chi connectivity index (χ0n) is 76.6. The number of para-hydroxylation sites is 2. The summed E-state index contributed by atoms with van der Waals surface area (Å²) in [6, 6.07) is 76.3. The van der Waals surface area contributed by atoms with E-state index in [1.54, 1.807) is 69.7 Å². The first kappa shape index (κ1) is 99.5. The van der Waals surface area contributed by atoms with Gasteiger partial charge in [0.2, 0.25) is 29.5 Å². The van der Waals surface area contributed by atoms with Gasteiger partial charge in [-0.15, -0.1) is 0 Å². The van der Waals surface area contributed by atoms with E-state index in [4.69, 9.17) is 4.74 Å². The minimum Gasteiger partial charge on any atom is -0.457 e. The normalized spacial score (nSPS) is 13.5. The monoisotopic (exact) mass is 1840 g/mol. The number of Topliss-reactive ketones (excluding diaryl/α,β-unsaturated/α-hetero) is 4. The third-order valence-corrected chi connectivity index (χ3v) is 22.9. The molecule has 0 saturated heterocycles. The van der Waals surface area contributed by atoms with Crippen molar-refractivity contribution in [2.24, 2.45) is 0 Å². The molecule has 0 aliphatic carbocycles. The van der Waals surface area contributed by atoms with E-state index in [1.807, 2.05) is 237 Å². The fourth-order valence-electron chi connectivity index (χ4n) is 15.5. The maximum absolute atomic E-state index is 13.1. The first-order valence-corrected chi connectivity index (χ1v) is 45.4. The van der Waals surface area contributed by atoms with Gasteiger partial charge in [-0.1, -0.05) is 267 Å². The first-order valence-electron chi connectivity index (χ1n) is 45.4. The second kappa shape index (κ2) is 50.4. The Balaban J connectivity index is 0.000000154. The largest absolute Gasteiger partial charge is 0.457 e. The van der Waals surface area contributed by atoms with Crippen molar-refractivity contribution in [2.75, 3.05) is 39.3 Å². The first-order chi connectivity index (χ1) is 66.4. The Labute approximate surface area is 792 Å². The molecule has 5 N–H and O–H groups in total. The van der Waals surface area contributed by atoms with Crippen molar-refractivity contribution in [3.63, 3.8) is 0 Å². The number of aryl methyl sites for hydroxylation is 2. The van der Waals surface area contributed by atoms with Crippen LogP contribution in [0.5, 0.6) is 11.5 Å². The van der Waals surface area contributed by atoms with Crippen LogP contribution in [0.2, 0.25) is 0 Å². The maximum Gasteiger partial charge on any atom is 0.328 e. The van der Waals surface area contributed by atoms with E-state index in [9.17, 15) is 71.9 Å². The summed E-state index contributed by atoms with van der Waals surface area (Å²) in [6.45, 7) is 8.31. The minimum absolute atomic E-state index is 0.0496. The van der Waals surface area contributed by atoms with E-state index in [0.717, 1.165) is 102 Å². The van der Waals surface area contributed by atoms with Crippen molar-refractivity contribution in [1.82, 2.24) is 49.8 Å². The van der Waals surface area contributed by atoms with Gasteiger partial charge >= 0.3 is 11.4 Å². The van der Waals surface area contributed by atoms with Crippen LogP contribution in [0.4, 0.5) is 0 Å². The van der Waals surface area contributed by atoms with E-state index >= 15 is 0 Å². The summed E-state index contributed by atoms with van der Waals surface area (Å²) in [7, 11) is 0. The third-order valence-electron chi connectivity index (χ3n) is 22.9. The summed E-state index contributed by atoms with van der Waals surface area (Å²) in [4.78, 5) is 186. The molecule has 26 nitrogen and oxygen atoms in total. The molecule has 6 amide bonds. The number of rotatable bonds is 32. The van der Waals surface area contributed by atoms with Gasteiger partial charge in [0, 0.05) is 142 Å². The number of fused-ring (bicyclic) bond motifs is 5. The Morgan fingerprint density at radius 3 is 1.60 bits per heavy atom. The molecule has 4 aliphatic rings. The number of unbranched alkanes of at least 4 members (excludes halogenated alkanes) is 2. The Morgan fingerprint density at radius 1 is 0.431 bits per heavy atom. The van der Waals surface area contributed by atoms with Gasteiger partial charge in [-0.25, -0.2) is 9.59 Å². The molecule has 16 rings (SSSR count). The summed E-state index contributed by atoms with van der Waals surface area (Å²) in [5, 5.41) is 15.0. The molecule has 0 spiro atoms. The Hall–Kier alpha value is -16.5. The fraction of sp³-hybridized carbons (Fsp3) is 0.216. The fourth-order valence-corrected chi connectivity index (χ4v) is 15.5. The Bertz CT molecular complexity index is 6870. The van der Waals surface area contributed by atoms with Crippen molar-refractivity contribution < 1.29 is 57.5 Å². The molecule has 0 saturated carbocycles. The number of ether oxygens (including phenoxy) is 1. The topological polar surface area (TPSA) is 353 Å². The lowest BCUT2D eigenvalue weighted by molar-refractivity contribution is -0.134. The van der Waals surface area contributed by atoms with Crippen molar-refractivity contribution in [3.05, 3.63) is 414 Å². The highest BCUT2D eigenvalue weighted by Crippen LogP contribution is 2.45. The van der Waals surface area contributed by atoms with Gasteiger partial charge < -0.3 is 40.0 Å². The van der Waals surface area contributed by atoms with Crippen LogP contribution in [-0.4, -0.2) is 137 Å². The van der Waals surface area contributed by atoms with Crippen LogP contribution < -0.4 is 43.2 Å². The van der Waals surface area contributed by atoms with Gasteiger partial charge in [0.05, 0.1) is 38.0 Å². The van der Waals surface area contributed by atoms with Crippen molar-refractivity contribution in [3.8, 4) is 22.6 Å². The zero-order chi connectivity index (χ0) is 97.0. The number of hydrogen-bond acceptors (Lipinski definition) is 16. The number of allylic oxidation sites excluding steroid dienone is 5. The number of ketones is 5. The Morgan fingerprint density at radius 2 is 0.956 bits per heavy atom. The molecule has 4 aliphatic heterocycles. The second-order valence-electron chi connectivity index (χ2n) is 33.1. The number of H-pyrrole nitrogens is 2. The summed E-state index contributed by atoms with van der Waals surface area (Å²) in [6.07, 6.45) is 28.4. The van der Waals surface area contributed by atoms with Gasteiger partial charge in [-0.05, 0) is 124 Å². The quantitative estimate of drug-likeness (QED) is 0.0149. The van der Waals surface area contributed by atoms with Crippen LogP contribution in [-0.2, 0) is 80.3 Å². The average molecular weight is 1840 g/mol. The van der Waals surface area contributed by atoms with Crippen molar-refractivity contribution in [2.45, 2.75) is 117 Å². The molecule has 6 heterocycles. The lowest BCUT2D eigenvalue weighted by Crippen LogP contribution is -2.33. The van der Waals surface area contributed by atoms with Crippen molar-refractivity contribution >= 4 is 96.7 Å². The highest BCUT2D eigenvalue weighted by atomic mass is 16.5. The molecule has 26 heteroatoms. The van der Waals surface area contributed by atoms with E-state index in [1.165, 1.54) is 48.4 Å². The molecule has 0 atom stereocenters. The molecule has 12 aromatic rings. The SMILES string of the molecule is CC1=CN(C/C=C\CNC(=O)Cc2cccc3ccccc23)C(=O)CC1=O.CC1=CN(C/C=C\CNC(=O)c2cccc3ccccc23)C(=O)CC1=O.Cc1cn(CCCCCC(=O)C2c3ccccc3Oc3ccccc32)c(=O)[nH]c1=O.O=C(CC/C=C\Cn1ccc(=O)[nH]c1=O)Cc1ccc(-c2ccccc2)cc1.O=C1C=CN(C/C=C\CNC(=O)Cc2ccc3ccccc3c2)C(=O)C1. The smallest absolute Gasteiger partial charge is 0.328 e. The number of benzene rings is 10. The number of carbonyl (C=O) groups excluding carboxylic acids is 11. The van der Waals surface area contributed by atoms with Gasteiger partial charge in [-0.2, -0.15) is 0 Å². The summed E-state index contributed by atoms with van der Waals surface area (Å²) >= 11 is 0. The molecule has 698 valence electrons. The molecule has 0 fully saturated rings. The highest BCUT2D eigenvalue weighted by Gasteiger charge is 2.32. The number of aromatic amines is 2. The lowest BCUT2D eigenvalue weighted by atomic mass is 9.83. The van der Waals surface area contributed by atoms with Crippen LogP contribution in [0, 0.1) is 6.92 Å². The molecule has 137 heavy (non-hydrogen) atoms.